The van der Waals surface area contributed by atoms with Crippen LogP contribution in [0.1, 0.15) is 38.5 Å². The van der Waals surface area contributed by atoms with Crippen LogP contribution in [0.3, 0.4) is 0 Å². The van der Waals surface area contributed by atoms with Crippen molar-refractivity contribution in [2.24, 2.45) is 5.73 Å². The number of rotatable bonds is 6. The molecule has 98 valence electrons. The number of nitrogens with zero attached hydrogens (tertiary/aromatic N) is 1. The highest BCUT2D eigenvalue weighted by atomic mass is 16.5. The molecule has 0 aliphatic carbocycles. The second-order valence-corrected chi connectivity index (χ2v) is 4.68. The van der Waals surface area contributed by atoms with Gasteiger partial charge in [-0.05, 0) is 31.5 Å². The molecule has 0 saturated heterocycles. The number of ether oxygens (including phenoxy) is 1. The lowest BCUT2D eigenvalue weighted by atomic mass is 10.2. The van der Waals surface area contributed by atoms with Gasteiger partial charge >= 0.3 is 0 Å². The summed E-state index contributed by atoms with van der Waals surface area (Å²) in [6.45, 7) is 5.53. The third kappa shape index (κ3) is 3.01. The van der Waals surface area contributed by atoms with E-state index in [0.717, 1.165) is 35.6 Å². The van der Waals surface area contributed by atoms with E-state index in [2.05, 4.69) is 18.8 Å². The van der Waals surface area contributed by atoms with Crippen LogP contribution in [0.25, 0.3) is 11.1 Å². The fourth-order valence-corrected chi connectivity index (χ4v) is 1.70. The monoisotopic (exact) mass is 248 g/mol. The number of aromatic nitrogens is 1. The van der Waals surface area contributed by atoms with Gasteiger partial charge in [0.2, 0.25) is 0 Å². The summed E-state index contributed by atoms with van der Waals surface area (Å²) >= 11 is 0. The summed E-state index contributed by atoms with van der Waals surface area (Å²) in [4.78, 5) is 4.45. The van der Waals surface area contributed by atoms with Crippen molar-refractivity contribution < 1.29 is 9.15 Å². The van der Waals surface area contributed by atoms with Crippen molar-refractivity contribution in [3.05, 3.63) is 24.1 Å². The Labute approximate surface area is 107 Å². The van der Waals surface area contributed by atoms with Gasteiger partial charge < -0.3 is 14.9 Å². The van der Waals surface area contributed by atoms with Gasteiger partial charge in [0.15, 0.2) is 11.5 Å². The Kier molecular flexibility index (Phi) is 4.20. The van der Waals surface area contributed by atoms with Gasteiger partial charge in [0.1, 0.15) is 11.3 Å². The summed E-state index contributed by atoms with van der Waals surface area (Å²) in [5.74, 6) is 1.90. The highest BCUT2D eigenvalue weighted by Crippen LogP contribution is 2.24. The third-order valence-corrected chi connectivity index (χ3v) is 2.74. The van der Waals surface area contributed by atoms with Crippen LogP contribution in [0.5, 0.6) is 5.75 Å². The zero-order valence-electron chi connectivity index (χ0n) is 11.0. The first-order chi connectivity index (χ1) is 8.70. The Hall–Kier alpha value is -1.55. The molecule has 0 unspecified atom stereocenters. The Balaban J connectivity index is 2.07. The lowest BCUT2D eigenvalue weighted by Gasteiger charge is -2.04. The maximum Gasteiger partial charge on any atom is 0.198 e. The molecular weight excluding hydrogens is 228 g/mol. The van der Waals surface area contributed by atoms with E-state index in [1.165, 1.54) is 0 Å². The summed E-state index contributed by atoms with van der Waals surface area (Å²) in [6, 6.07) is 5.75. The van der Waals surface area contributed by atoms with Gasteiger partial charge in [0.05, 0.1) is 6.61 Å². The minimum atomic E-state index is 0.298. The highest BCUT2D eigenvalue weighted by molar-refractivity contribution is 5.74. The van der Waals surface area contributed by atoms with Crippen LogP contribution in [0.2, 0.25) is 0 Å². The summed E-state index contributed by atoms with van der Waals surface area (Å²) in [5.41, 5.74) is 7.10. The Morgan fingerprint density at radius 1 is 1.33 bits per heavy atom. The molecule has 0 spiro atoms. The van der Waals surface area contributed by atoms with Crippen molar-refractivity contribution in [2.45, 2.75) is 32.6 Å². The van der Waals surface area contributed by atoms with E-state index in [4.69, 9.17) is 14.9 Å². The second-order valence-electron chi connectivity index (χ2n) is 4.68. The topological polar surface area (TPSA) is 61.3 Å². The van der Waals surface area contributed by atoms with Crippen molar-refractivity contribution in [1.29, 1.82) is 0 Å². The minimum absolute atomic E-state index is 0.298. The lowest BCUT2D eigenvalue weighted by Crippen LogP contribution is -2.03. The molecule has 1 heterocycles. The first-order valence-electron chi connectivity index (χ1n) is 6.44. The van der Waals surface area contributed by atoms with Crippen molar-refractivity contribution >= 4 is 11.1 Å². The van der Waals surface area contributed by atoms with Gasteiger partial charge in [-0.15, -0.1) is 0 Å². The van der Waals surface area contributed by atoms with Gasteiger partial charge in [-0.1, -0.05) is 13.8 Å². The number of hydrogen-bond donors (Lipinski definition) is 1. The van der Waals surface area contributed by atoms with Crippen LogP contribution in [0, 0.1) is 0 Å². The van der Waals surface area contributed by atoms with Crippen LogP contribution in [0.4, 0.5) is 0 Å². The van der Waals surface area contributed by atoms with Crippen LogP contribution < -0.4 is 10.5 Å². The van der Waals surface area contributed by atoms with Gasteiger partial charge in [0.25, 0.3) is 0 Å². The molecule has 0 radical (unpaired) electrons. The normalized spacial score (nSPS) is 11.3. The molecule has 0 atom stereocenters. The zero-order valence-corrected chi connectivity index (χ0v) is 11.0. The van der Waals surface area contributed by atoms with E-state index in [1.807, 2.05) is 18.2 Å². The van der Waals surface area contributed by atoms with Gasteiger partial charge in [-0.25, -0.2) is 4.98 Å². The molecule has 4 heteroatoms. The predicted molar refractivity (Wildman–Crippen MR) is 71.9 cm³/mol. The average Bonchev–Trinajstić information content (AvgIpc) is 2.78. The van der Waals surface area contributed by atoms with Crippen molar-refractivity contribution in [3.8, 4) is 5.75 Å². The molecular formula is C14H20N2O2. The molecule has 2 N–H and O–H groups in total. The summed E-state index contributed by atoms with van der Waals surface area (Å²) in [5, 5.41) is 0. The molecule has 1 aromatic heterocycles. The first kappa shape index (κ1) is 12.9. The molecule has 2 rings (SSSR count). The molecule has 0 aliphatic rings. The van der Waals surface area contributed by atoms with E-state index >= 15 is 0 Å². The minimum Gasteiger partial charge on any atom is -0.494 e. The van der Waals surface area contributed by atoms with E-state index < -0.39 is 0 Å². The molecule has 0 saturated carbocycles. The highest BCUT2D eigenvalue weighted by Gasteiger charge is 2.09. The largest absolute Gasteiger partial charge is 0.494 e. The standard InChI is InChI=1S/C14H20N2O2/c1-10(2)14-16-12-9-11(5-6-13(12)18-14)17-8-4-3-7-15/h5-6,9-10H,3-4,7-8,15H2,1-2H3. The van der Waals surface area contributed by atoms with E-state index in [1.54, 1.807) is 0 Å². The average molecular weight is 248 g/mol. The Morgan fingerprint density at radius 2 is 2.17 bits per heavy atom. The number of unbranched alkanes of at least 4 members (excludes halogenated alkanes) is 1. The Morgan fingerprint density at radius 3 is 2.89 bits per heavy atom. The van der Waals surface area contributed by atoms with Crippen molar-refractivity contribution in [3.63, 3.8) is 0 Å². The summed E-state index contributed by atoms with van der Waals surface area (Å²) in [7, 11) is 0. The molecule has 0 fully saturated rings. The van der Waals surface area contributed by atoms with Crippen LogP contribution in [-0.4, -0.2) is 18.1 Å². The maximum absolute atomic E-state index is 5.65. The molecule has 0 aliphatic heterocycles. The van der Waals surface area contributed by atoms with Gasteiger partial charge in [0, 0.05) is 12.0 Å². The quantitative estimate of drug-likeness (QED) is 0.798. The third-order valence-electron chi connectivity index (χ3n) is 2.74. The van der Waals surface area contributed by atoms with Gasteiger partial charge in [-0.2, -0.15) is 0 Å². The second kappa shape index (κ2) is 5.87. The predicted octanol–water partition coefficient (Wildman–Crippen LogP) is 3.07. The number of fused-ring (bicyclic) bond motifs is 1. The van der Waals surface area contributed by atoms with E-state index in [-0.39, 0.29) is 0 Å². The van der Waals surface area contributed by atoms with Gasteiger partial charge in [-0.3, -0.25) is 0 Å². The smallest absolute Gasteiger partial charge is 0.198 e. The molecule has 0 bridgehead atoms. The number of nitrogens with two attached hydrogens (primary N) is 1. The molecule has 2 aromatic rings. The fourth-order valence-electron chi connectivity index (χ4n) is 1.70. The first-order valence-corrected chi connectivity index (χ1v) is 6.44. The number of hydrogen-bond acceptors (Lipinski definition) is 4. The summed E-state index contributed by atoms with van der Waals surface area (Å²) in [6.07, 6.45) is 1.97. The molecule has 1 aromatic carbocycles. The van der Waals surface area contributed by atoms with E-state index in [0.29, 0.717) is 19.1 Å². The van der Waals surface area contributed by atoms with E-state index in [9.17, 15) is 0 Å². The SMILES string of the molecule is CC(C)c1nc2cc(OCCCCN)ccc2o1. The lowest BCUT2D eigenvalue weighted by molar-refractivity contribution is 0.308. The fraction of sp³-hybridized carbons (Fsp3) is 0.500. The van der Waals surface area contributed by atoms with Crippen LogP contribution in [-0.2, 0) is 0 Å². The molecule has 18 heavy (non-hydrogen) atoms. The zero-order chi connectivity index (χ0) is 13.0. The number of benzene rings is 1. The Bertz CT molecular complexity index is 505. The summed E-state index contributed by atoms with van der Waals surface area (Å²) < 4.78 is 11.3. The number of oxazole rings is 1. The van der Waals surface area contributed by atoms with Crippen molar-refractivity contribution in [1.82, 2.24) is 4.98 Å². The maximum atomic E-state index is 5.65. The van der Waals surface area contributed by atoms with Crippen LogP contribution >= 0.6 is 0 Å². The molecule has 0 amide bonds. The van der Waals surface area contributed by atoms with Crippen molar-refractivity contribution in [2.75, 3.05) is 13.2 Å². The van der Waals surface area contributed by atoms with Crippen LogP contribution in [0.15, 0.2) is 22.6 Å². The molecule has 4 nitrogen and oxygen atoms in total.